The average Bonchev–Trinajstić information content (AvgIpc) is 3.05. The van der Waals surface area contributed by atoms with Gasteiger partial charge in [-0.15, -0.1) is 0 Å². The van der Waals surface area contributed by atoms with Crippen molar-refractivity contribution in [2.75, 3.05) is 6.54 Å². The lowest BCUT2D eigenvalue weighted by atomic mass is 9.81. The number of furan rings is 1. The number of benzene rings is 1. The van der Waals surface area contributed by atoms with Crippen molar-refractivity contribution in [1.29, 1.82) is 0 Å². The fourth-order valence-electron chi connectivity index (χ4n) is 3.65. The largest absolute Gasteiger partial charge is 0.459 e. The van der Waals surface area contributed by atoms with Crippen LogP contribution in [0.5, 0.6) is 0 Å². The Morgan fingerprint density at radius 2 is 1.86 bits per heavy atom. The van der Waals surface area contributed by atoms with Crippen molar-refractivity contribution >= 4 is 34.6 Å². The highest BCUT2D eigenvalue weighted by atomic mass is 35.5. The number of carbonyl (C=O) groups excluding carboxylic acids is 2. The monoisotopic (exact) mass is 420 g/mol. The van der Waals surface area contributed by atoms with E-state index in [-0.39, 0.29) is 17.9 Å². The second kappa shape index (κ2) is 9.08. The quantitative estimate of drug-likeness (QED) is 0.710. The predicted molar refractivity (Wildman–Crippen MR) is 113 cm³/mol. The second-order valence-corrected chi connectivity index (χ2v) is 9.15. The van der Waals surface area contributed by atoms with Gasteiger partial charge in [0.05, 0.1) is 6.54 Å². The van der Waals surface area contributed by atoms with Gasteiger partial charge < -0.3 is 19.8 Å². The first-order chi connectivity index (χ1) is 13.7. The van der Waals surface area contributed by atoms with Gasteiger partial charge in [0.1, 0.15) is 16.9 Å². The van der Waals surface area contributed by atoms with Crippen LogP contribution in [0.3, 0.4) is 0 Å². The molecule has 0 atom stereocenters. The zero-order valence-electron chi connectivity index (χ0n) is 17.2. The van der Waals surface area contributed by atoms with Crippen LogP contribution >= 0.6 is 11.6 Å². The number of fused-ring (bicyclic) bond motifs is 1. The van der Waals surface area contributed by atoms with Crippen molar-refractivity contribution in [1.82, 2.24) is 10.6 Å². The molecule has 7 heteroatoms. The van der Waals surface area contributed by atoms with Crippen LogP contribution in [0, 0.1) is 11.8 Å². The summed E-state index contributed by atoms with van der Waals surface area (Å²) >= 11 is 6.00. The minimum Gasteiger partial charge on any atom is -0.459 e. The van der Waals surface area contributed by atoms with Crippen molar-refractivity contribution in [3.63, 3.8) is 0 Å². The Balaban J connectivity index is 1.40. The van der Waals surface area contributed by atoms with Crippen LogP contribution in [-0.2, 0) is 16.1 Å². The molecule has 0 bridgehead atoms. The zero-order chi connectivity index (χ0) is 21.0. The average molecular weight is 421 g/mol. The molecule has 2 aromatic rings. The molecule has 1 heterocycles. The number of hydrogen-bond acceptors (Lipinski definition) is 4. The molecule has 158 valence electrons. The summed E-state index contributed by atoms with van der Waals surface area (Å²) in [4.78, 5) is 24.3. The molecule has 2 amide bonds. The normalized spacial score (nSPS) is 19.7. The van der Waals surface area contributed by atoms with Crippen LogP contribution in [0.15, 0.2) is 28.7 Å². The molecule has 0 spiro atoms. The molecule has 0 radical (unpaired) electrons. The third-order valence-electron chi connectivity index (χ3n) is 5.12. The lowest BCUT2D eigenvalue weighted by molar-refractivity contribution is -0.126. The Bertz CT molecular complexity index is 863. The third kappa shape index (κ3) is 6.39. The van der Waals surface area contributed by atoms with Gasteiger partial charge in [-0.2, -0.15) is 0 Å². The van der Waals surface area contributed by atoms with Crippen LogP contribution in [0.25, 0.3) is 11.0 Å². The van der Waals surface area contributed by atoms with E-state index in [1.165, 1.54) is 0 Å². The van der Waals surface area contributed by atoms with Crippen LogP contribution < -0.4 is 10.6 Å². The van der Waals surface area contributed by atoms with Gasteiger partial charge in [-0.05, 0) is 76.6 Å². The van der Waals surface area contributed by atoms with Gasteiger partial charge in [-0.25, -0.2) is 4.79 Å². The first-order valence-electron chi connectivity index (χ1n) is 10.1. The molecule has 0 aliphatic heterocycles. The highest BCUT2D eigenvalue weighted by molar-refractivity contribution is 6.31. The molecule has 0 unspecified atom stereocenters. The summed E-state index contributed by atoms with van der Waals surface area (Å²) in [6.45, 7) is 6.49. The van der Waals surface area contributed by atoms with Crippen LogP contribution in [0.4, 0.5) is 4.79 Å². The second-order valence-electron chi connectivity index (χ2n) is 8.71. The highest BCUT2D eigenvalue weighted by Gasteiger charge is 2.27. The smallest absolute Gasteiger partial charge is 0.407 e. The summed E-state index contributed by atoms with van der Waals surface area (Å²) in [5, 5.41) is 7.40. The van der Waals surface area contributed by atoms with E-state index in [1.54, 1.807) is 6.07 Å². The van der Waals surface area contributed by atoms with E-state index in [2.05, 4.69) is 10.6 Å². The van der Waals surface area contributed by atoms with Gasteiger partial charge in [-0.1, -0.05) is 11.6 Å². The zero-order valence-corrected chi connectivity index (χ0v) is 18.0. The topological polar surface area (TPSA) is 80.6 Å². The molecule has 1 aliphatic carbocycles. The Morgan fingerprint density at radius 3 is 2.55 bits per heavy atom. The molecule has 29 heavy (non-hydrogen) atoms. The van der Waals surface area contributed by atoms with Crippen molar-refractivity contribution in [3.05, 3.63) is 35.0 Å². The SMILES string of the molecule is CC(C)(C)OC(=O)NCC1CCC(C(=O)NCc2cc3cc(Cl)ccc3o2)CC1. The lowest BCUT2D eigenvalue weighted by Crippen LogP contribution is -2.38. The Morgan fingerprint density at radius 1 is 1.14 bits per heavy atom. The highest BCUT2D eigenvalue weighted by Crippen LogP contribution is 2.29. The van der Waals surface area contributed by atoms with E-state index in [0.717, 1.165) is 36.7 Å². The standard InChI is InChI=1S/C22H29ClN2O4/c1-22(2,3)29-21(27)25-12-14-4-6-15(7-5-14)20(26)24-13-18-11-16-10-17(23)8-9-19(16)28-18/h8-11,14-15H,4-7,12-13H2,1-3H3,(H,24,26)(H,25,27). The van der Waals surface area contributed by atoms with Gasteiger partial charge in [0.2, 0.25) is 5.91 Å². The van der Waals surface area contributed by atoms with Crippen LogP contribution in [0.2, 0.25) is 5.02 Å². The maximum Gasteiger partial charge on any atom is 0.407 e. The molecule has 1 aliphatic rings. The number of carbonyl (C=O) groups is 2. The van der Waals surface area contributed by atoms with E-state index < -0.39 is 5.60 Å². The molecular weight excluding hydrogens is 392 g/mol. The first-order valence-corrected chi connectivity index (χ1v) is 10.5. The maximum atomic E-state index is 12.5. The van der Waals surface area contributed by atoms with Crippen molar-refractivity contribution in [2.45, 2.75) is 58.6 Å². The van der Waals surface area contributed by atoms with Crippen molar-refractivity contribution in [2.24, 2.45) is 11.8 Å². The van der Waals surface area contributed by atoms with Gasteiger partial charge in [0, 0.05) is 22.9 Å². The summed E-state index contributed by atoms with van der Waals surface area (Å²) in [7, 11) is 0. The Labute approximate surface area is 176 Å². The molecule has 2 N–H and O–H groups in total. The maximum absolute atomic E-state index is 12.5. The summed E-state index contributed by atoms with van der Waals surface area (Å²) in [6, 6.07) is 7.36. The fourth-order valence-corrected chi connectivity index (χ4v) is 3.83. The summed E-state index contributed by atoms with van der Waals surface area (Å²) in [5.41, 5.74) is 0.267. The summed E-state index contributed by atoms with van der Waals surface area (Å²) < 4.78 is 11.0. The third-order valence-corrected chi connectivity index (χ3v) is 5.35. The number of ether oxygens (including phenoxy) is 1. The van der Waals surface area contributed by atoms with E-state index in [9.17, 15) is 9.59 Å². The van der Waals surface area contributed by atoms with Gasteiger partial charge >= 0.3 is 6.09 Å². The molecule has 3 rings (SSSR count). The number of rotatable bonds is 5. The molecule has 1 fully saturated rings. The Hall–Kier alpha value is -2.21. The molecular formula is C22H29ClN2O4. The molecule has 1 aromatic heterocycles. The van der Waals surface area contributed by atoms with Gasteiger partial charge in [0.25, 0.3) is 0 Å². The van der Waals surface area contributed by atoms with Gasteiger partial charge in [0.15, 0.2) is 0 Å². The minimum absolute atomic E-state index is 0.00611. The van der Waals surface area contributed by atoms with Crippen molar-refractivity contribution in [3.8, 4) is 0 Å². The van der Waals surface area contributed by atoms with E-state index >= 15 is 0 Å². The van der Waals surface area contributed by atoms with E-state index in [1.807, 2.05) is 39.0 Å². The Kier molecular flexibility index (Phi) is 6.73. The number of hydrogen-bond donors (Lipinski definition) is 2. The number of alkyl carbamates (subject to hydrolysis) is 1. The first kappa shape index (κ1) is 21.5. The number of nitrogens with one attached hydrogen (secondary N) is 2. The minimum atomic E-state index is -0.494. The fraction of sp³-hybridized carbons (Fsp3) is 0.545. The number of amides is 2. The van der Waals surface area contributed by atoms with Gasteiger partial charge in [-0.3, -0.25) is 4.79 Å². The summed E-state index contributed by atoms with van der Waals surface area (Å²) in [6.07, 6.45) is 3.09. The molecule has 1 saturated carbocycles. The van der Waals surface area contributed by atoms with E-state index in [0.29, 0.717) is 29.8 Å². The predicted octanol–water partition coefficient (Wildman–Crippen LogP) is 5.03. The molecule has 1 aromatic carbocycles. The van der Waals surface area contributed by atoms with Crippen LogP contribution in [-0.4, -0.2) is 24.1 Å². The summed E-state index contributed by atoms with van der Waals surface area (Å²) in [5.74, 6) is 1.16. The van der Waals surface area contributed by atoms with Crippen LogP contribution in [0.1, 0.15) is 52.2 Å². The lowest BCUT2D eigenvalue weighted by Gasteiger charge is -2.28. The van der Waals surface area contributed by atoms with Crippen molar-refractivity contribution < 1.29 is 18.7 Å². The molecule has 0 saturated heterocycles. The number of halogens is 1. The van der Waals surface area contributed by atoms with E-state index in [4.69, 9.17) is 20.8 Å². The molecule has 6 nitrogen and oxygen atoms in total.